The predicted molar refractivity (Wildman–Crippen MR) is 80.4 cm³/mol. The van der Waals surface area contributed by atoms with Gasteiger partial charge in [0.1, 0.15) is 5.82 Å². The first-order valence-electron chi connectivity index (χ1n) is 7.62. The number of benzene rings is 1. The second-order valence-corrected chi connectivity index (χ2v) is 6.25. The summed E-state index contributed by atoms with van der Waals surface area (Å²) in [5.74, 6) is -0.182. The Balaban J connectivity index is 1.94. The van der Waals surface area contributed by atoms with Crippen LogP contribution < -0.4 is 10.6 Å². The van der Waals surface area contributed by atoms with Crippen LogP contribution in [0.2, 0.25) is 0 Å². The Morgan fingerprint density at radius 2 is 2.15 bits per heavy atom. The summed E-state index contributed by atoms with van der Waals surface area (Å²) in [5, 5.41) is 0. The van der Waals surface area contributed by atoms with Gasteiger partial charge in [0.25, 0.3) is 0 Å². The highest BCUT2D eigenvalue weighted by atomic mass is 19.1. The number of halogens is 1. The van der Waals surface area contributed by atoms with Gasteiger partial charge in [-0.05, 0) is 45.4 Å². The van der Waals surface area contributed by atoms with Crippen LogP contribution >= 0.6 is 0 Å². The zero-order valence-electron chi connectivity index (χ0n) is 12.3. The van der Waals surface area contributed by atoms with Crippen LogP contribution in [-0.4, -0.2) is 36.6 Å². The van der Waals surface area contributed by atoms with Gasteiger partial charge < -0.3 is 10.6 Å². The van der Waals surface area contributed by atoms with E-state index in [1.807, 2.05) is 13.0 Å². The Labute approximate surface area is 120 Å². The fourth-order valence-electron chi connectivity index (χ4n) is 3.75. The number of hydrogen-bond donors (Lipinski definition) is 1. The molecule has 1 aromatic rings. The number of anilines is 1. The fourth-order valence-corrected chi connectivity index (χ4v) is 3.75. The first-order chi connectivity index (χ1) is 9.58. The largest absolute Gasteiger partial charge is 0.366 e. The molecule has 2 saturated heterocycles. The third-order valence-corrected chi connectivity index (χ3v) is 4.73. The number of nitrogens with zero attached hydrogens (tertiary/aromatic N) is 2. The van der Waals surface area contributed by atoms with E-state index in [-0.39, 0.29) is 11.9 Å². The van der Waals surface area contributed by atoms with E-state index in [0.29, 0.717) is 17.6 Å². The highest BCUT2D eigenvalue weighted by Crippen LogP contribution is 2.33. The van der Waals surface area contributed by atoms with E-state index in [9.17, 15) is 4.39 Å². The van der Waals surface area contributed by atoms with Crippen LogP contribution in [0.5, 0.6) is 0 Å². The molecule has 2 aliphatic rings. The van der Waals surface area contributed by atoms with Crippen molar-refractivity contribution < 1.29 is 4.39 Å². The minimum absolute atomic E-state index is 0.182. The van der Waals surface area contributed by atoms with E-state index in [4.69, 9.17) is 5.73 Å². The smallest absolute Gasteiger partial charge is 0.130 e. The topological polar surface area (TPSA) is 32.5 Å². The lowest BCUT2D eigenvalue weighted by atomic mass is 10.0. The van der Waals surface area contributed by atoms with Crippen molar-refractivity contribution in [3.05, 3.63) is 29.6 Å². The molecule has 0 bridgehead atoms. The molecular weight excluding hydrogens is 253 g/mol. The standard InChI is InChI=1S/C16H24FN3/c1-11-9-19-8-4-5-13(19)10-20(11)15-7-3-6-14(17)16(15)12(2)18/h3,6-7,11-13H,4-5,8-10,18H2,1-2H3/t11?,12-,13?/m1/s1. The van der Waals surface area contributed by atoms with Gasteiger partial charge in [0, 0.05) is 42.5 Å². The molecule has 2 N–H and O–H groups in total. The normalized spacial score (nSPS) is 28.5. The van der Waals surface area contributed by atoms with Crippen LogP contribution in [-0.2, 0) is 0 Å². The summed E-state index contributed by atoms with van der Waals surface area (Å²) in [6.07, 6.45) is 2.54. The fraction of sp³-hybridized carbons (Fsp3) is 0.625. The first kappa shape index (κ1) is 13.8. The summed E-state index contributed by atoms with van der Waals surface area (Å²) in [5.41, 5.74) is 7.64. The summed E-state index contributed by atoms with van der Waals surface area (Å²) in [6.45, 7) is 7.36. The van der Waals surface area contributed by atoms with Gasteiger partial charge in [-0.25, -0.2) is 4.39 Å². The number of nitrogens with two attached hydrogens (primary N) is 1. The summed E-state index contributed by atoms with van der Waals surface area (Å²) < 4.78 is 14.1. The van der Waals surface area contributed by atoms with Gasteiger partial charge in [-0.3, -0.25) is 4.90 Å². The summed E-state index contributed by atoms with van der Waals surface area (Å²) >= 11 is 0. The number of piperazine rings is 1. The Morgan fingerprint density at radius 1 is 1.35 bits per heavy atom. The van der Waals surface area contributed by atoms with Crippen molar-refractivity contribution >= 4 is 5.69 Å². The summed E-state index contributed by atoms with van der Waals surface area (Å²) in [7, 11) is 0. The molecule has 110 valence electrons. The van der Waals surface area contributed by atoms with Crippen molar-refractivity contribution in [1.29, 1.82) is 0 Å². The average Bonchev–Trinajstić information content (AvgIpc) is 2.84. The third kappa shape index (κ3) is 2.31. The maximum atomic E-state index is 14.1. The molecule has 0 amide bonds. The van der Waals surface area contributed by atoms with Gasteiger partial charge >= 0.3 is 0 Å². The zero-order valence-corrected chi connectivity index (χ0v) is 12.3. The summed E-state index contributed by atoms with van der Waals surface area (Å²) in [4.78, 5) is 4.93. The zero-order chi connectivity index (χ0) is 14.3. The maximum absolute atomic E-state index is 14.1. The molecular formula is C16H24FN3. The Hall–Kier alpha value is -1.13. The molecule has 4 heteroatoms. The van der Waals surface area contributed by atoms with Crippen molar-refractivity contribution in [3.8, 4) is 0 Å². The molecule has 2 fully saturated rings. The highest BCUT2D eigenvalue weighted by Gasteiger charge is 2.35. The molecule has 0 radical (unpaired) electrons. The minimum atomic E-state index is -0.278. The van der Waals surface area contributed by atoms with Crippen LogP contribution in [0, 0.1) is 5.82 Å². The maximum Gasteiger partial charge on any atom is 0.130 e. The van der Waals surface area contributed by atoms with Gasteiger partial charge in [0.05, 0.1) is 0 Å². The second kappa shape index (κ2) is 5.34. The van der Waals surface area contributed by atoms with E-state index < -0.39 is 0 Å². The number of hydrogen-bond acceptors (Lipinski definition) is 3. The van der Waals surface area contributed by atoms with Crippen molar-refractivity contribution in [1.82, 2.24) is 4.90 Å². The van der Waals surface area contributed by atoms with Gasteiger partial charge in [-0.15, -0.1) is 0 Å². The average molecular weight is 277 g/mol. The lowest BCUT2D eigenvalue weighted by Crippen LogP contribution is -2.55. The third-order valence-electron chi connectivity index (χ3n) is 4.73. The monoisotopic (exact) mass is 277 g/mol. The summed E-state index contributed by atoms with van der Waals surface area (Å²) in [6, 6.07) is 6.07. The number of fused-ring (bicyclic) bond motifs is 1. The molecule has 3 nitrogen and oxygen atoms in total. The van der Waals surface area contributed by atoms with E-state index in [1.54, 1.807) is 6.07 Å². The molecule has 3 rings (SSSR count). The highest BCUT2D eigenvalue weighted by molar-refractivity contribution is 5.57. The van der Waals surface area contributed by atoms with Gasteiger partial charge in [-0.2, -0.15) is 0 Å². The SMILES string of the molecule is CC1CN2CCCC2CN1c1cccc(F)c1[C@@H](C)N. The molecule has 20 heavy (non-hydrogen) atoms. The van der Waals surface area contributed by atoms with Crippen LogP contribution in [0.1, 0.15) is 38.3 Å². The van der Waals surface area contributed by atoms with Crippen molar-refractivity contribution in [3.63, 3.8) is 0 Å². The molecule has 2 aliphatic heterocycles. The lowest BCUT2D eigenvalue weighted by molar-refractivity contribution is 0.202. The van der Waals surface area contributed by atoms with E-state index in [2.05, 4.69) is 16.7 Å². The number of rotatable bonds is 2. The predicted octanol–water partition coefficient (Wildman–Crippen LogP) is 2.52. The second-order valence-electron chi connectivity index (χ2n) is 6.25. The molecule has 1 aromatic carbocycles. The van der Waals surface area contributed by atoms with Gasteiger partial charge in [-0.1, -0.05) is 6.07 Å². The van der Waals surface area contributed by atoms with Gasteiger partial charge in [0.15, 0.2) is 0 Å². The van der Waals surface area contributed by atoms with Crippen LogP contribution in [0.15, 0.2) is 18.2 Å². The first-order valence-corrected chi connectivity index (χ1v) is 7.62. The van der Waals surface area contributed by atoms with Crippen molar-refractivity contribution in [2.24, 2.45) is 5.73 Å². The van der Waals surface area contributed by atoms with E-state index in [1.165, 1.54) is 25.5 Å². The van der Waals surface area contributed by atoms with Gasteiger partial charge in [0.2, 0.25) is 0 Å². The van der Waals surface area contributed by atoms with Crippen molar-refractivity contribution in [2.75, 3.05) is 24.5 Å². The molecule has 2 heterocycles. The molecule has 0 aliphatic carbocycles. The molecule has 0 aromatic heterocycles. The molecule has 2 unspecified atom stereocenters. The van der Waals surface area contributed by atoms with E-state index >= 15 is 0 Å². The van der Waals surface area contributed by atoms with Crippen LogP contribution in [0.4, 0.5) is 10.1 Å². The minimum Gasteiger partial charge on any atom is -0.366 e. The molecule has 0 saturated carbocycles. The Bertz CT molecular complexity index is 489. The molecule has 3 atom stereocenters. The lowest BCUT2D eigenvalue weighted by Gasteiger charge is -2.44. The molecule has 0 spiro atoms. The quantitative estimate of drug-likeness (QED) is 0.901. The van der Waals surface area contributed by atoms with Crippen molar-refractivity contribution in [2.45, 2.75) is 44.8 Å². The van der Waals surface area contributed by atoms with Crippen LogP contribution in [0.3, 0.4) is 0 Å². The van der Waals surface area contributed by atoms with Crippen LogP contribution in [0.25, 0.3) is 0 Å². The Morgan fingerprint density at radius 3 is 2.90 bits per heavy atom. The Kier molecular flexibility index (Phi) is 3.69. The van der Waals surface area contributed by atoms with E-state index in [0.717, 1.165) is 18.8 Å².